The van der Waals surface area contributed by atoms with Crippen molar-refractivity contribution in [1.29, 1.82) is 0 Å². The van der Waals surface area contributed by atoms with Crippen LogP contribution in [0.3, 0.4) is 0 Å². The Morgan fingerprint density at radius 1 is 1.04 bits per heavy atom. The Hall–Kier alpha value is -2.38. The molecular formula is C20H26N2O4S. The van der Waals surface area contributed by atoms with Crippen molar-refractivity contribution in [1.82, 2.24) is 4.72 Å². The van der Waals surface area contributed by atoms with Crippen molar-refractivity contribution in [3.05, 3.63) is 53.6 Å². The van der Waals surface area contributed by atoms with E-state index in [0.717, 1.165) is 16.9 Å². The van der Waals surface area contributed by atoms with E-state index in [1.54, 1.807) is 26.0 Å². The van der Waals surface area contributed by atoms with Crippen LogP contribution in [0.5, 0.6) is 5.75 Å². The molecule has 146 valence electrons. The lowest BCUT2D eigenvalue weighted by Crippen LogP contribution is -2.28. The van der Waals surface area contributed by atoms with Crippen LogP contribution in [0.4, 0.5) is 5.69 Å². The molecule has 2 rings (SSSR count). The highest BCUT2D eigenvalue weighted by Gasteiger charge is 2.14. The molecule has 0 aromatic heterocycles. The number of carbonyl (C=O) groups excluding carboxylic acids is 1. The molecule has 0 spiro atoms. The number of hydrogen-bond donors (Lipinski definition) is 2. The van der Waals surface area contributed by atoms with Gasteiger partial charge < -0.3 is 10.1 Å². The average Bonchev–Trinajstić information content (AvgIpc) is 2.58. The SMILES string of the molecule is Cc1cc(C)cc(OCCNS(=O)(=O)c2ccc(NC(=O)C(C)C)cc2)c1. The van der Waals surface area contributed by atoms with Crippen molar-refractivity contribution >= 4 is 21.6 Å². The fourth-order valence-electron chi connectivity index (χ4n) is 2.45. The predicted octanol–water partition coefficient (Wildman–Crippen LogP) is 3.26. The van der Waals surface area contributed by atoms with E-state index in [9.17, 15) is 13.2 Å². The Balaban J connectivity index is 1.89. The maximum Gasteiger partial charge on any atom is 0.240 e. The molecule has 2 N–H and O–H groups in total. The highest BCUT2D eigenvalue weighted by atomic mass is 32.2. The maximum absolute atomic E-state index is 12.3. The number of carbonyl (C=O) groups is 1. The molecule has 0 aliphatic heterocycles. The van der Waals surface area contributed by atoms with Gasteiger partial charge in [-0.2, -0.15) is 0 Å². The molecule has 2 aromatic carbocycles. The van der Waals surface area contributed by atoms with Crippen LogP contribution in [0.2, 0.25) is 0 Å². The summed E-state index contributed by atoms with van der Waals surface area (Å²) in [6.45, 7) is 7.92. The first-order chi connectivity index (χ1) is 12.7. The molecule has 0 atom stereocenters. The van der Waals surface area contributed by atoms with E-state index < -0.39 is 10.0 Å². The maximum atomic E-state index is 12.3. The second-order valence-electron chi connectivity index (χ2n) is 6.74. The van der Waals surface area contributed by atoms with Gasteiger partial charge in [-0.15, -0.1) is 0 Å². The third kappa shape index (κ3) is 6.37. The molecule has 0 aliphatic carbocycles. The number of sulfonamides is 1. The number of nitrogens with one attached hydrogen (secondary N) is 2. The minimum Gasteiger partial charge on any atom is -0.492 e. The van der Waals surface area contributed by atoms with Crippen molar-refractivity contribution in [3.8, 4) is 5.75 Å². The summed E-state index contributed by atoms with van der Waals surface area (Å²) in [6, 6.07) is 11.9. The monoisotopic (exact) mass is 390 g/mol. The summed E-state index contributed by atoms with van der Waals surface area (Å²) < 4.78 is 32.8. The number of benzene rings is 2. The molecule has 0 radical (unpaired) electrons. The summed E-state index contributed by atoms with van der Waals surface area (Å²) in [6.07, 6.45) is 0. The molecular weight excluding hydrogens is 364 g/mol. The molecule has 0 aliphatic rings. The standard InChI is InChI=1S/C20H26N2O4S/c1-14(2)20(23)22-17-5-7-19(8-6-17)27(24,25)21-9-10-26-18-12-15(3)11-16(4)13-18/h5-8,11-14,21H,9-10H2,1-4H3,(H,22,23). The van der Waals surface area contributed by atoms with E-state index in [4.69, 9.17) is 4.74 Å². The van der Waals surface area contributed by atoms with Gasteiger partial charge in [0.15, 0.2) is 0 Å². The van der Waals surface area contributed by atoms with Crippen molar-refractivity contribution in [2.24, 2.45) is 5.92 Å². The van der Waals surface area contributed by atoms with Crippen LogP contribution < -0.4 is 14.8 Å². The largest absolute Gasteiger partial charge is 0.492 e. The molecule has 0 heterocycles. The van der Waals surface area contributed by atoms with Gasteiger partial charge in [-0.25, -0.2) is 13.1 Å². The summed E-state index contributed by atoms with van der Waals surface area (Å²) in [7, 11) is -3.64. The lowest BCUT2D eigenvalue weighted by molar-refractivity contribution is -0.118. The van der Waals surface area contributed by atoms with Crippen molar-refractivity contribution < 1.29 is 17.9 Å². The molecule has 27 heavy (non-hydrogen) atoms. The number of anilines is 1. The minimum absolute atomic E-state index is 0.118. The van der Waals surface area contributed by atoms with E-state index in [-0.39, 0.29) is 29.9 Å². The van der Waals surface area contributed by atoms with Crippen LogP contribution in [0.1, 0.15) is 25.0 Å². The quantitative estimate of drug-likeness (QED) is 0.678. The van der Waals surface area contributed by atoms with Gasteiger partial charge in [0.2, 0.25) is 15.9 Å². The topological polar surface area (TPSA) is 84.5 Å². The third-order valence-corrected chi connectivity index (χ3v) is 5.29. The summed E-state index contributed by atoms with van der Waals surface area (Å²) in [5.41, 5.74) is 2.75. The lowest BCUT2D eigenvalue weighted by atomic mass is 10.1. The number of ether oxygens (including phenoxy) is 1. The first kappa shape index (κ1) is 20.9. The fraction of sp³-hybridized carbons (Fsp3) is 0.350. The van der Waals surface area contributed by atoms with E-state index in [0.29, 0.717) is 5.69 Å². The van der Waals surface area contributed by atoms with E-state index in [1.807, 2.05) is 32.0 Å². The smallest absolute Gasteiger partial charge is 0.240 e. The highest BCUT2D eigenvalue weighted by Crippen LogP contribution is 2.17. The molecule has 0 bridgehead atoms. The zero-order valence-electron chi connectivity index (χ0n) is 16.1. The number of amides is 1. The predicted molar refractivity (Wildman–Crippen MR) is 107 cm³/mol. The van der Waals surface area contributed by atoms with Crippen LogP contribution in [0, 0.1) is 19.8 Å². The summed E-state index contributed by atoms with van der Waals surface area (Å²) in [4.78, 5) is 11.8. The Bertz CT molecular complexity index is 870. The van der Waals surface area contributed by atoms with Gasteiger partial charge >= 0.3 is 0 Å². The first-order valence-corrected chi connectivity index (χ1v) is 10.3. The molecule has 0 saturated carbocycles. The highest BCUT2D eigenvalue weighted by molar-refractivity contribution is 7.89. The lowest BCUT2D eigenvalue weighted by Gasteiger charge is -2.11. The second kappa shape index (κ2) is 9.01. The molecule has 1 amide bonds. The van der Waals surface area contributed by atoms with Crippen LogP contribution >= 0.6 is 0 Å². The van der Waals surface area contributed by atoms with Crippen molar-refractivity contribution in [3.63, 3.8) is 0 Å². The van der Waals surface area contributed by atoms with Crippen molar-refractivity contribution in [2.45, 2.75) is 32.6 Å². The average molecular weight is 391 g/mol. The number of rotatable bonds is 8. The van der Waals surface area contributed by atoms with Gasteiger partial charge in [-0.1, -0.05) is 19.9 Å². The number of hydrogen-bond acceptors (Lipinski definition) is 4. The van der Waals surface area contributed by atoms with Gasteiger partial charge in [0, 0.05) is 18.2 Å². The Kier molecular flexibility index (Phi) is 6.98. The Morgan fingerprint density at radius 3 is 2.19 bits per heavy atom. The van der Waals surface area contributed by atoms with E-state index in [2.05, 4.69) is 10.0 Å². The van der Waals surface area contributed by atoms with Crippen LogP contribution in [0.15, 0.2) is 47.4 Å². The summed E-state index contributed by atoms with van der Waals surface area (Å²) in [5, 5.41) is 2.73. The number of aryl methyl sites for hydroxylation is 2. The molecule has 0 unspecified atom stereocenters. The molecule has 0 fully saturated rings. The molecule has 2 aromatic rings. The van der Waals surface area contributed by atoms with Gasteiger partial charge in [0.25, 0.3) is 0 Å². The van der Waals surface area contributed by atoms with E-state index >= 15 is 0 Å². The van der Waals surface area contributed by atoms with E-state index in [1.165, 1.54) is 12.1 Å². The fourth-order valence-corrected chi connectivity index (χ4v) is 3.46. The van der Waals surface area contributed by atoms with Gasteiger partial charge in [0.05, 0.1) is 4.90 Å². The Morgan fingerprint density at radius 2 is 1.63 bits per heavy atom. The zero-order chi connectivity index (χ0) is 20.0. The Labute approximate surface area is 161 Å². The van der Waals surface area contributed by atoms with Crippen LogP contribution in [-0.2, 0) is 14.8 Å². The summed E-state index contributed by atoms with van der Waals surface area (Å²) in [5.74, 6) is 0.455. The second-order valence-corrected chi connectivity index (χ2v) is 8.50. The summed E-state index contributed by atoms with van der Waals surface area (Å²) >= 11 is 0. The first-order valence-electron chi connectivity index (χ1n) is 8.79. The van der Waals surface area contributed by atoms with Crippen LogP contribution in [-0.4, -0.2) is 27.5 Å². The van der Waals surface area contributed by atoms with Crippen molar-refractivity contribution in [2.75, 3.05) is 18.5 Å². The molecule has 0 saturated heterocycles. The zero-order valence-corrected chi connectivity index (χ0v) is 16.9. The van der Waals surface area contributed by atoms with Gasteiger partial charge in [-0.05, 0) is 61.4 Å². The molecule has 7 heteroatoms. The van der Waals surface area contributed by atoms with Gasteiger partial charge in [0.1, 0.15) is 12.4 Å². The van der Waals surface area contributed by atoms with Gasteiger partial charge in [-0.3, -0.25) is 4.79 Å². The molecule has 6 nitrogen and oxygen atoms in total. The van der Waals surface area contributed by atoms with Crippen LogP contribution in [0.25, 0.3) is 0 Å². The third-order valence-electron chi connectivity index (χ3n) is 3.81. The normalized spacial score (nSPS) is 11.4. The minimum atomic E-state index is -3.64.